The second kappa shape index (κ2) is 8.16. The molecule has 1 aliphatic rings. The van der Waals surface area contributed by atoms with Crippen LogP contribution in [0.25, 0.3) is 35.5 Å². The Morgan fingerprint density at radius 1 is 1.25 bits per heavy atom. The van der Waals surface area contributed by atoms with Crippen LogP contribution in [-0.4, -0.2) is 47.7 Å². The van der Waals surface area contributed by atoms with Crippen LogP contribution in [0.1, 0.15) is 25.8 Å². The summed E-state index contributed by atoms with van der Waals surface area (Å²) in [6, 6.07) is 4.74. The molecule has 0 unspecified atom stereocenters. The highest BCUT2D eigenvalue weighted by Gasteiger charge is 2.22. The largest absolute Gasteiger partial charge is 0.381 e. The van der Waals surface area contributed by atoms with E-state index in [1.165, 1.54) is 12.1 Å². The quantitative estimate of drug-likeness (QED) is 0.367. The van der Waals surface area contributed by atoms with Crippen LogP contribution >= 0.6 is 0 Å². The first-order valence-corrected chi connectivity index (χ1v) is 10.5. The van der Waals surface area contributed by atoms with E-state index in [4.69, 9.17) is 9.72 Å². The van der Waals surface area contributed by atoms with Crippen molar-refractivity contribution in [2.75, 3.05) is 13.2 Å². The molecule has 8 nitrogen and oxygen atoms in total. The monoisotopic (exact) mass is 433 g/mol. The first kappa shape index (κ1) is 20.3. The molecule has 0 spiro atoms. The zero-order valence-corrected chi connectivity index (χ0v) is 18.1. The number of benzene rings is 1. The number of ether oxygens (including phenoxy) is 1. The second-order valence-electron chi connectivity index (χ2n) is 7.90. The molecular formula is C23H24FN7O. The summed E-state index contributed by atoms with van der Waals surface area (Å²) < 4.78 is 25.1. The van der Waals surface area contributed by atoms with E-state index in [-0.39, 0.29) is 11.9 Å². The smallest absolute Gasteiger partial charge is 0.177 e. The van der Waals surface area contributed by atoms with Crippen LogP contribution < -0.4 is 10.7 Å². The van der Waals surface area contributed by atoms with Crippen molar-refractivity contribution in [3.63, 3.8) is 0 Å². The summed E-state index contributed by atoms with van der Waals surface area (Å²) in [5.41, 5.74) is 1.37. The molecular weight excluding hydrogens is 409 g/mol. The van der Waals surface area contributed by atoms with E-state index in [2.05, 4.69) is 26.1 Å². The highest BCUT2D eigenvalue weighted by Crippen LogP contribution is 2.23. The molecule has 4 heterocycles. The fourth-order valence-corrected chi connectivity index (χ4v) is 4.12. The van der Waals surface area contributed by atoms with Gasteiger partial charge >= 0.3 is 0 Å². The van der Waals surface area contributed by atoms with Crippen molar-refractivity contribution >= 4 is 29.6 Å². The van der Waals surface area contributed by atoms with Gasteiger partial charge in [0.2, 0.25) is 0 Å². The summed E-state index contributed by atoms with van der Waals surface area (Å²) in [6.45, 7) is 7.58. The first-order chi connectivity index (χ1) is 15.5. The predicted octanol–water partition coefficient (Wildman–Crippen LogP) is 2.24. The Labute approximate surface area is 184 Å². The van der Waals surface area contributed by atoms with E-state index < -0.39 is 0 Å². The Balaban J connectivity index is 1.61. The van der Waals surface area contributed by atoms with Gasteiger partial charge in [0.15, 0.2) is 11.6 Å². The first-order valence-electron chi connectivity index (χ1n) is 10.5. The number of aryl methyl sites for hydroxylation is 1. The summed E-state index contributed by atoms with van der Waals surface area (Å²) in [6.07, 6.45) is 8.79. The molecule has 164 valence electrons. The van der Waals surface area contributed by atoms with Crippen molar-refractivity contribution in [2.45, 2.75) is 25.8 Å². The summed E-state index contributed by atoms with van der Waals surface area (Å²) in [4.78, 5) is 18.3. The molecule has 0 atom stereocenters. The second-order valence-corrected chi connectivity index (χ2v) is 7.90. The van der Waals surface area contributed by atoms with Gasteiger partial charge < -0.3 is 13.9 Å². The molecule has 32 heavy (non-hydrogen) atoms. The lowest BCUT2D eigenvalue weighted by Gasteiger charge is -2.25. The highest BCUT2D eigenvalue weighted by molar-refractivity contribution is 5.92. The summed E-state index contributed by atoms with van der Waals surface area (Å²) in [5.74, 6) is 1.88. The third kappa shape index (κ3) is 3.54. The molecule has 0 aliphatic carbocycles. The minimum Gasteiger partial charge on any atom is -0.381 e. The third-order valence-corrected chi connectivity index (χ3v) is 5.85. The van der Waals surface area contributed by atoms with Crippen LogP contribution in [0.5, 0.6) is 0 Å². The maximum Gasteiger partial charge on any atom is 0.177 e. The lowest BCUT2D eigenvalue weighted by atomic mass is 10.1. The Kier molecular flexibility index (Phi) is 5.18. The van der Waals surface area contributed by atoms with Crippen LogP contribution in [0.2, 0.25) is 0 Å². The minimum atomic E-state index is -0.314. The van der Waals surface area contributed by atoms with Gasteiger partial charge in [0.05, 0.1) is 22.6 Å². The van der Waals surface area contributed by atoms with Gasteiger partial charge in [-0.3, -0.25) is 4.57 Å². The van der Waals surface area contributed by atoms with Gasteiger partial charge in [-0.15, -0.1) is 0 Å². The van der Waals surface area contributed by atoms with Crippen LogP contribution in [-0.2, 0) is 11.8 Å². The SMILES string of the molecule is C=c1/c(=C\N=C(C)n2cnc3ccc(F)cc32)nc(-c2nccn2C)n1C1CCOCC1. The van der Waals surface area contributed by atoms with Gasteiger partial charge in [-0.25, -0.2) is 24.3 Å². The molecule has 0 radical (unpaired) electrons. The van der Waals surface area contributed by atoms with E-state index in [9.17, 15) is 4.39 Å². The zero-order chi connectivity index (χ0) is 22.2. The molecule has 0 amide bonds. The Bertz CT molecular complexity index is 1420. The number of hydrogen-bond acceptors (Lipinski definition) is 5. The molecule has 4 aromatic rings. The fraction of sp³-hybridized carbons (Fsp3) is 0.304. The lowest BCUT2D eigenvalue weighted by Crippen LogP contribution is -2.33. The Hall–Kier alpha value is -3.59. The van der Waals surface area contributed by atoms with E-state index in [1.807, 2.05) is 24.7 Å². The molecule has 3 aromatic heterocycles. The van der Waals surface area contributed by atoms with Gasteiger partial charge in [0.25, 0.3) is 0 Å². The van der Waals surface area contributed by atoms with E-state index in [1.54, 1.807) is 29.4 Å². The van der Waals surface area contributed by atoms with Gasteiger partial charge in [-0.05, 0) is 31.9 Å². The van der Waals surface area contributed by atoms with Crippen molar-refractivity contribution < 1.29 is 9.13 Å². The predicted molar refractivity (Wildman–Crippen MR) is 121 cm³/mol. The number of rotatable bonds is 3. The number of halogens is 1. The van der Waals surface area contributed by atoms with Gasteiger partial charge in [0, 0.05) is 44.8 Å². The van der Waals surface area contributed by atoms with Crippen LogP contribution in [0, 0.1) is 5.82 Å². The van der Waals surface area contributed by atoms with Gasteiger partial charge in [-0.2, -0.15) is 0 Å². The lowest BCUT2D eigenvalue weighted by molar-refractivity contribution is 0.0693. The Morgan fingerprint density at radius 2 is 2.06 bits per heavy atom. The number of fused-ring (bicyclic) bond motifs is 1. The molecule has 1 aliphatic heterocycles. The van der Waals surface area contributed by atoms with Crippen molar-refractivity contribution in [1.82, 2.24) is 28.7 Å². The molecule has 0 N–H and O–H groups in total. The average Bonchev–Trinajstić information content (AvgIpc) is 3.49. The summed E-state index contributed by atoms with van der Waals surface area (Å²) in [7, 11) is 1.95. The maximum absolute atomic E-state index is 13.7. The standard InChI is InChI=1S/C23H24FN7O/c1-15-20(13-26-16(2)30-14-27-19-5-4-17(24)12-21(19)30)28-23(22-25-8-9-29(22)3)31(15)18-6-10-32-11-7-18/h4-5,8-9,12-14,18H,1,6-7,10-11H2,2-3H3/b20-13+,26-16?. The zero-order valence-electron chi connectivity index (χ0n) is 18.1. The normalized spacial score (nSPS) is 16.3. The van der Waals surface area contributed by atoms with Crippen molar-refractivity contribution in [3.8, 4) is 11.6 Å². The third-order valence-electron chi connectivity index (χ3n) is 5.85. The molecule has 0 saturated carbocycles. The summed E-state index contributed by atoms with van der Waals surface area (Å²) >= 11 is 0. The van der Waals surface area contributed by atoms with Crippen molar-refractivity contribution in [3.05, 3.63) is 53.4 Å². The summed E-state index contributed by atoms with van der Waals surface area (Å²) in [5, 5.41) is 1.46. The molecule has 1 saturated heterocycles. The van der Waals surface area contributed by atoms with Crippen molar-refractivity contribution in [1.29, 1.82) is 0 Å². The maximum atomic E-state index is 13.7. The molecule has 1 fully saturated rings. The molecule has 1 aromatic carbocycles. The van der Waals surface area contributed by atoms with Crippen LogP contribution in [0.15, 0.2) is 41.9 Å². The van der Waals surface area contributed by atoms with Gasteiger partial charge in [-0.1, -0.05) is 6.58 Å². The number of nitrogens with zero attached hydrogens (tertiary/aromatic N) is 7. The number of imidazole rings is 3. The Morgan fingerprint density at radius 3 is 2.81 bits per heavy atom. The highest BCUT2D eigenvalue weighted by atomic mass is 19.1. The van der Waals surface area contributed by atoms with Crippen molar-refractivity contribution in [2.24, 2.45) is 12.0 Å². The number of hydrogen-bond donors (Lipinski definition) is 0. The van der Waals surface area contributed by atoms with E-state index >= 15 is 0 Å². The molecule has 9 heteroatoms. The molecule has 5 rings (SSSR count). The number of aliphatic imine (C=N–C) groups is 1. The van der Waals surface area contributed by atoms with Crippen LogP contribution in [0.4, 0.5) is 4.39 Å². The average molecular weight is 433 g/mol. The van der Waals surface area contributed by atoms with E-state index in [0.717, 1.165) is 29.8 Å². The molecule has 0 bridgehead atoms. The topological polar surface area (TPSA) is 75.0 Å². The fourth-order valence-electron chi connectivity index (χ4n) is 4.12. The van der Waals surface area contributed by atoms with Crippen LogP contribution in [0.3, 0.4) is 0 Å². The number of aromatic nitrogens is 6. The van der Waals surface area contributed by atoms with E-state index in [0.29, 0.717) is 35.4 Å². The minimum absolute atomic E-state index is 0.239. The van der Waals surface area contributed by atoms with Gasteiger partial charge in [0.1, 0.15) is 23.3 Å².